The van der Waals surface area contributed by atoms with Gasteiger partial charge in [0.15, 0.2) is 5.96 Å². The van der Waals surface area contributed by atoms with Gasteiger partial charge >= 0.3 is 0 Å². The van der Waals surface area contributed by atoms with Gasteiger partial charge < -0.3 is 15.4 Å². The summed E-state index contributed by atoms with van der Waals surface area (Å²) in [7, 11) is 1.90. The lowest BCUT2D eigenvalue weighted by Gasteiger charge is -2.45. The Balaban J connectivity index is 0.00000320. The average molecular weight is 536 g/mol. The zero-order valence-electron chi connectivity index (χ0n) is 19.6. The van der Waals surface area contributed by atoms with Crippen molar-refractivity contribution < 1.29 is 4.74 Å². The van der Waals surface area contributed by atoms with Crippen LogP contribution < -0.4 is 10.6 Å². The molecule has 30 heavy (non-hydrogen) atoms. The van der Waals surface area contributed by atoms with E-state index in [4.69, 9.17) is 4.74 Å². The third-order valence-electron chi connectivity index (χ3n) is 7.37. The van der Waals surface area contributed by atoms with Gasteiger partial charge in [0, 0.05) is 44.9 Å². The van der Waals surface area contributed by atoms with Gasteiger partial charge in [0.25, 0.3) is 0 Å². The van der Waals surface area contributed by atoms with E-state index in [-0.39, 0.29) is 29.5 Å². The number of nitrogens with one attached hydrogen (secondary N) is 2. The lowest BCUT2D eigenvalue weighted by Crippen LogP contribution is -2.59. The minimum absolute atomic E-state index is 0. The molecule has 7 heteroatoms. The summed E-state index contributed by atoms with van der Waals surface area (Å²) in [6.45, 7) is 13.4. The van der Waals surface area contributed by atoms with E-state index in [9.17, 15) is 0 Å². The Morgan fingerprint density at radius 2 is 1.53 bits per heavy atom. The highest BCUT2D eigenvalue weighted by atomic mass is 127. The first kappa shape index (κ1) is 26.1. The fourth-order valence-electron chi connectivity index (χ4n) is 5.43. The van der Waals surface area contributed by atoms with Crippen molar-refractivity contribution in [3.63, 3.8) is 0 Å². The zero-order chi connectivity index (χ0) is 20.5. The lowest BCUT2D eigenvalue weighted by molar-refractivity contribution is -0.0164. The SMILES string of the molecule is CN=C(NCC(C(C)C)N1CCCCCC1)NCC1(N2CCCC2)CCOCC1.I. The molecule has 1 atom stereocenters. The molecule has 3 rings (SSSR count). The Morgan fingerprint density at radius 3 is 2.10 bits per heavy atom. The smallest absolute Gasteiger partial charge is 0.191 e. The van der Waals surface area contributed by atoms with Crippen LogP contribution in [0, 0.1) is 5.92 Å². The van der Waals surface area contributed by atoms with Crippen LogP contribution in [-0.2, 0) is 4.74 Å². The maximum absolute atomic E-state index is 5.69. The summed E-state index contributed by atoms with van der Waals surface area (Å²) in [5.41, 5.74) is 0.231. The highest BCUT2D eigenvalue weighted by molar-refractivity contribution is 14.0. The highest BCUT2D eigenvalue weighted by Gasteiger charge is 2.39. The minimum atomic E-state index is 0. The standard InChI is InChI=1S/C23H45N5O.HI/c1-20(2)21(27-12-6-4-5-7-13-27)18-25-22(24-3)26-19-23(10-16-29-17-11-23)28-14-8-9-15-28;/h20-21H,4-19H2,1-3H3,(H2,24,25,26);1H. The highest BCUT2D eigenvalue weighted by Crippen LogP contribution is 2.30. The number of likely N-dealkylation sites (tertiary alicyclic amines) is 2. The van der Waals surface area contributed by atoms with Crippen LogP contribution in [0.25, 0.3) is 0 Å². The van der Waals surface area contributed by atoms with Gasteiger partial charge in [-0.1, -0.05) is 26.7 Å². The summed E-state index contributed by atoms with van der Waals surface area (Å²) in [5, 5.41) is 7.35. The topological polar surface area (TPSA) is 52.1 Å². The Kier molecular flexibility index (Phi) is 11.7. The molecular weight excluding hydrogens is 489 g/mol. The number of hydrogen-bond donors (Lipinski definition) is 2. The average Bonchev–Trinajstić information content (AvgIpc) is 3.16. The molecular formula is C23H46IN5O. The van der Waals surface area contributed by atoms with Gasteiger partial charge in [0.2, 0.25) is 0 Å². The molecule has 0 amide bonds. The normalized spacial score (nSPS) is 24.9. The Hall–Kier alpha value is -0.120. The second-order valence-corrected chi connectivity index (χ2v) is 9.60. The van der Waals surface area contributed by atoms with Gasteiger partial charge in [0.1, 0.15) is 0 Å². The van der Waals surface area contributed by atoms with E-state index >= 15 is 0 Å². The summed E-state index contributed by atoms with van der Waals surface area (Å²) in [5.74, 6) is 1.60. The van der Waals surface area contributed by atoms with E-state index < -0.39 is 0 Å². The van der Waals surface area contributed by atoms with E-state index in [2.05, 4.69) is 39.3 Å². The second kappa shape index (κ2) is 13.4. The monoisotopic (exact) mass is 535 g/mol. The first-order chi connectivity index (χ1) is 14.1. The van der Waals surface area contributed by atoms with E-state index in [0.29, 0.717) is 12.0 Å². The van der Waals surface area contributed by atoms with Gasteiger partial charge in [-0.05, 0) is 70.6 Å². The fraction of sp³-hybridized carbons (Fsp3) is 0.957. The molecule has 0 aromatic carbocycles. The number of halogens is 1. The van der Waals surface area contributed by atoms with Crippen molar-refractivity contribution in [1.82, 2.24) is 20.4 Å². The Bertz CT molecular complexity index is 496. The van der Waals surface area contributed by atoms with E-state index in [1.54, 1.807) is 0 Å². The predicted molar refractivity (Wildman–Crippen MR) is 137 cm³/mol. The molecule has 3 aliphatic heterocycles. The third kappa shape index (κ3) is 7.20. The van der Waals surface area contributed by atoms with Crippen molar-refractivity contribution in [2.24, 2.45) is 10.9 Å². The molecule has 0 aliphatic carbocycles. The minimum Gasteiger partial charge on any atom is -0.381 e. The van der Waals surface area contributed by atoms with Gasteiger partial charge in [-0.25, -0.2) is 0 Å². The van der Waals surface area contributed by atoms with Crippen molar-refractivity contribution in [3.05, 3.63) is 0 Å². The van der Waals surface area contributed by atoms with Crippen LogP contribution in [0.5, 0.6) is 0 Å². The van der Waals surface area contributed by atoms with Crippen LogP contribution in [0.15, 0.2) is 4.99 Å². The lowest BCUT2D eigenvalue weighted by atomic mass is 9.88. The molecule has 3 fully saturated rings. The van der Waals surface area contributed by atoms with Crippen LogP contribution >= 0.6 is 24.0 Å². The van der Waals surface area contributed by atoms with Gasteiger partial charge in [-0.15, -0.1) is 24.0 Å². The quantitative estimate of drug-likeness (QED) is 0.298. The van der Waals surface area contributed by atoms with Crippen molar-refractivity contribution in [3.8, 4) is 0 Å². The number of nitrogens with zero attached hydrogens (tertiary/aromatic N) is 3. The molecule has 0 bridgehead atoms. The molecule has 3 saturated heterocycles. The number of ether oxygens (including phenoxy) is 1. The van der Waals surface area contributed by atoms with Gasteiger partial charge in [-0.2, -0.15) is 0 Å². The maximum atomic E-state index is 5.69. The largest absolute Gasteiger partial charge is 0.381 e. The summed E-state index contributed by atoms with van der Waals surface area (Å²) in [6, 6.07) is 0.572. The van der Waals surface area contributed by atoms with Crippen molar-refractivity contribution in [2.45, 2.75) is 76.8 Å². The van der Waals surface area contributed by atoms with E-state index in [1.165, 1.54) is 64.7 Å². The molecule has 1 unspecified atom stereocenters. The molecule has 0 spiro atoms. The molecule has 0 saturated carbocycles. The molecule has 176 valence electrons. The molecule has 0 aromatic rings. The van der Waals surface area contributed by atoms with Gasteiger partial charge in [-0.3, -0.25) is 14.8 Å². The first-order valence-electron chi connectivity index (χ1n) is 12.2. The maximum Gasteiger partial charge on any atom is 0.191 e. The van der Waals surface area contributed by atoms with Gasteiger partial charge in [0.05, 0.1) is 0 Å². The van der Waals surface area contributed by atoms with E-state index in [0.717, 1.165) is 45.1 Å². The van der Waals surface area contributed by atoms with Crippen molar-refractivity contribution >= 4 is 29.9 Å². The third-order valence-corrected chi connectivity index (χ3v) is 7.37. The number of rotatable bonds is 7. The second-order valence-electron chi connectivity index (χ2n) is 9.60. The van der Waals surface area contributed by atoms with Crippen LogP contribution in [0.3, 0.4) is 0 Å². The van der Waals surface area contributed by atoms with Crippen LogP contribution in [0.4, 0.5) is 0 Å². The van der Waals surface area contributed by atoms with Crippen LogP contribution in [0.1, 0.15) is 65.2 Å². The number of hydrogen-bond acceptors (Lipinski definition) is 4. The van der Waals surface area contributed by atoms with Crippen LogP contribution in [0.2, 0.25) is 0 Å². The summed E-state index contributed by atoms with van der Waals surface area (Å²) in [6.07, 6.45) is 10.4. The number of guanidine groups is 1. The molecule has 0 aromatic heterocycles. The van der Waals surface area contributed by atoms with Crippen molar-refractivity contribution in [1.29, 1.82) is 0 Å². The molecule has 6 nitrogen and oxygen atoms in total. The molecule has 3 heterocycles. The predicted octanol–water partition coefficient (Wildman–Crippen LogP) is 3.32. The molecule has 0 radical (unpaired) electrons. The fourth-order valence-corrected chi connectivity index (χ4v) is 5.43. The first-order valence-corrected chi connectivity index (χ1v) is 12.2. The van der Waals surface area contributed by atoms with E-state index in [1.807, 2.05) is 7.05 Å². The Labute approximate surface area is 202 Å². The number of aliphatic imine (C=N–C) groups is 1. The summed E-state index contributed by atoms with van der Waals surface area (Å²) < 4.78 is 5.69. The summed E-state index contributed by atoms with van der Waals surface area (Å²) >= 11 is 0. The molecule has 2 N–H and O–H groups in total. The van der Waals surface area contributed by atoms with Crippen molar-refractivity contribution in [2.75, 3.05) is 59.5 Å². The molecule has 3 aliphatic rings. The zero-order valence-corrected chi connectivity index (χ0v) is 22.0. The Morgan fingerprint density at radius 1 is 0.933 bits per heavy atom. The van der Waals surface area contributed by atoms with Crippen LogP contribution in [-0.4, -0.2) is 86.9 Å². The summed E-state index contributed by atoms with van der Waals surface area (Å²) in [4.78, 5) is 9.97.